The highest BCUT2D eigenvalue weighted by molar-refractivity contribution is 7.14. The molecule has 25 heavy (non-hydrogen) atoms. The van der Waals surface area contributed by atoms with Crippen LogP contribution in [0.3, 0.4) is 0 Å². The van der Waals surface area contributed by atoms with Crippen LogP contribution in [0.4, 0.5) is 10.9 Å². The fourth-order valence-electron chi connectivity index (χ4n) is 2.46. The van der Waals surface area contributed by atoms with Crippen LogP contribution in [-0.2, 0) is 0 Å². The normalized spacial score (nSPS) is 10.6. The third kappa shape index (κ3) is 3.69. The molecule has 0 radical (unpaired) electrons. The van der Waals surface area contributed by atoms with Gasteiger partial charge in [0.25, 0.3) is 5.91 Å². The van der Waals surface area contributed by atoms with Crippen LogP contribution in [0.15, 0.2) is 41.9 Å². The van der Waals surface area contributed by atoms with Gasteiger partial charge in [-0.25, -0.2) is 9.97 Å². The summed E-state index contributed by atoms with van der Waals surface area (Å²) in [6.45, 7) is 4.17. The van der Waals surface area contributed by atoms with E-state index < -0.39 is 0 Å². The molecule has 0 atom stereocenters. The van der Waals surface area contributed by atoms with Crippen molar-refractivity contribution >= 4 is 28.2 Å². The monoisotopic (exact) mass is 352 g/mol. The second-order valence-corrected chi connectivity index (χ2v) is 6.92. The number of benzene rings is 1. The van der Waals surface area contributed by atoms with E-state index in [0.29, 0.717) is 16.5 Å². The highest BCUT2D eigenvalue weighted by atomic mass is 32.1. The summed E-state index contributed by atoms with van der Waals surface area (Å²) in [4.78, 5) is 23.2. The number of hydrogen-bond donors (Lipinski definition) is 1. The van der Waals surface area contributed by atoms with Crippen molar-refractivity contribution in [1.29, 1.82) is 0 Å². The lowest BCUT2D eigenvalue weighted by Crippen LogP contribution is -2.19. The number of thiazole rings is 1. The number of aromatic nitrogens is 2. The van der Waals surface area contributed by atoms with Crippen molar-refractivity contribution in [3.8, 4) is 11.3 Å². The standard InChI is InChI=1S/C19H20N4OS/c1-12-7-8-14(10-13(12)2)16-11-25-19(21-16)22-18(24)15-6-5-9-20-17(15)23(3)4/h5-11H,1-4H3,(H,21,22,24). The molecule has 3 aromatic rings. The van der Waals surface area contributed by atoms with E-state index in [4.69, 9.17) is 0 Å². The van der Waals surface area contributed by atoms with Crippen molar-refractivity contribution in [2.24, 2.45) is 0 Å². The Balaban J connectivity index is 1.82. The molecule has 2 aromatic heterocycles. The molecule has 0 unspecified atom stereocenters. The maximum absolute atomic E-state index is 12.6. The molecule has 0 bridgehead atoms. The molecule has 0 saturated heterocycles. The Labute approximate surface area is 151 Å². The van der Waals surface area contributed by atoms with Crippen LogP contribution in [-0.4, -0.2) is 30.0 Å². The molecule has 5 nitrogen and oxygen atoms in total. The van der Waals surface area contributed by atoms with Gasteiger partial charge in [0.2, 0.25) is 0 Å². The Morgan fingerprint density at radius 3 is 2.68 bits per heavy atom. The Morgan fingerprint density at radius 2 is 1.96 bits per heavy atom. The van der Waals surface area contributed by atoms with E-state index in [1.807, 2.05) is 30.4 Å². The lowest BCUT2D eigenvalue weighted by molar-refractivity contribution is 0.102. The van der Waals surface area contributed by atoms with Crippen LogP contribution in [0.25, 0.3) is 11.3 Å². The van der Waals surface area contributed by atoms with Gasteiger partial charge in [0.05, 0.1) is 11.3 Å². The topological polar surface area (TPSA) is 58.1 Å². The molecule has 0 aliphatic rings. The van der Waals surface area contributed by atoms with Crippen LogP contribution in [0.2, 0.25) is 0 Å². The lowest BCUT2D eigenvalue weighted by Gasteiger charge is -2.14. The number of hydrogen-bond acceptors (Lipinski definition) is 5. The fourth-order valence-corrected chi connectivity index (χ4v) is 3.17. The smallest absolute Gasteiger partial charge is 0.261 e. The zero-order valence-corrected chi connectivity index (χ0v) is 15.5. The molecular weight excluding hydrogens is 332 g/mol. The first kappa shape index (κ1) is 17.1. The van der Waals surface area contributed by atoms with E-state index >= 15 is 0 Å². The van der Waals surface area contributed by atoms with Gasteiger partial charge in [0, 0.05) is 31.2 Å². The first-order valence-electron chi connectivity index (χ1n) is 7.92. The predicted molar refractivity (Wildman–Crippen MR) is 104 cm³/mol. The van der Waals surface area contributed by atoms with Crippen LogP contribution < -0.4 is 10.2 Å². The Kier molecular flexibility index (Phi) is 4.81. The summed E-state index contributed by atoms with van der Waals surface area (Å²) in [5.41, 5.74) is 4.91. The largest absolute Gasteiger partial charge is 0.362 e. The summed E-state index contributed by atoms with van der Waals surface area (Å²) in [7, 11) is 3.72. The summed E-state index contributed by atoms with van der Waals surface area (Å²) >= 11 is 1.41. The maximum Gasteiger partial charge on any atom is 0.261 e. The third-order valence-corrected chi connectivity index (χ3v) is 4.74. The van der Waals surface area contributed by atoms with Crippen LogP contribution in [0.1, 0.15) is 21.5 Å². The first-order chi connectivity index (χ1) is 12.0. The molecule has 2 heterocycles. The Bertz CT molecular complexity index is 917. The van der Waals surface area contributed by atoms with Gasteiger partial charge in [-0.15, -0.1) is 11.3 Å². The number of pyridine rings is 1. The molecule has 1 amide bonds. The number of rotatable bonds is 4. The average molecular weight is 352 g/mol. The second kappa shape index (κ2) is 7.03. The molecule has 0 spiro atoms. The quantitative estimate of drug-likeness (QED) is 0.767. The molecule has 0 aliphatic heterocycles. The van der Waals surface area contributed by atoms with Crippen LogP contribution in [0, 0.1) is 13.8 Å². The number of anilines is 2. The van der Waals surface area contributed by atoms with Crippen LogP contribution >= 0.6 is 11.3 Å². The number of nitrogens with one attached hydrogen (secondary N) is 1. The van der Waals surface area contributed by atoms with E-state index in [2.05, 4.69) is 41.3 Å². The first-order valence-corrected chi connectivity index (χ1v) is 8.80. The van der Waals surface area contributed by atoms with Gasteiger partial charge in [-0.05, 0) is 43.2 Å². The zero-order chi connectivity index (χ0) is 18.0. The fraction of sp³-hybridized carbons (Fsp3) is 0.211. The summed E-state index contributed by atoms with van der Waals surface area (Å²) in [6.07, 6.45) is 1.67. The van der Waals surface area contributed by atoms with Crippen molar-refractivity contribution in [3.05, 3.63) is 58.6 Å². The highest BCUT2D eigenvalue weighted by Gasteiger charge is 2.15. The van der Waals surface area contributed by atoms with Gasteiger partial charge in [-0.3, -0.25) is 10.1 Å². The SMILES string of the molecule is Cc1ccc(-c2csc(NC(=O)c3cccnc3N(C)C)n2)cc1C. The maximum atomic E-state index is 12.6. The van der Waals surface area contributed by atoms with E-state index in [0.717, 1.165) is 11.3 Å². The molecule has 0 fully saturated rings. The van der Waals surface area contributed by atoms with Crippen molar-refractivity contribution in [3.63, 3.8) is 0 Å². The van der Waals surface area contributed by atoms with E-state index in [-0.39, 0.29) is 5.91 Å². The molecule has 1 aromatic carbocycles. The summed E-state index contributed by atoms with van der Waals surface area (Å²) in [5, 5.41) is 5.40. The van der Waals surface area contributed by atoms with Gasteiger partial charge in [-0.2, -0.15) is 0 Å². The minimum absolute atomic E-state index is 0.210. The average Bonchev–Trinajstić information content (AvgIpc) is 3.05. The number of amides is 1. The van der Waals surface area contributed by atoms with Gasteiger partial charge < -0.3 is 4.90 Å². The molecular formula is C19H20N4OS. The number of nitrogens with zero attached hydrogens (tertiary/aromatic N) is 3. The summed E-state index contributed by atoms with van der Waals surface area (Å²) in [5.74, 6) is 0.420. The van der Waals surface area contributed by atoms with E-state index in [1.165, 1.54) is 22.5 Å². The van der Waals surface area contributed by atoms with E-state index in [1.54, 1.807) is 18.3 Å². The van der Waals surface area contributed by atoms with Crippen molar-refractivity contribution in [1.82, 2.24) is 9.97 Å². The van der Waals surface area contributed by atoms with Crippen molar-refractivity contribution < 1.29 is 4.79 Å². The molecule has 0 saturated carbocycles. The number of aryl methyl sites for hydroxylation is 2. The molecule has 0 aliphatic carbocycles. The van der Waals surface area contributed by atoms with Crippen molar-refractivity contribution in [2.75, 3.05) is 24.3 Å². The summed E-state index contributed by atoms with van der Waals surface area (Å²) in [6, 6.07) is 9.76. The van der Waals surface area contributed by atoms with E-state index in [9.17, 15) is 4.79 Å². The highest BCUT2D eigenvalue weighted by Crippen LogP contribution is 2.27. The van der Waals surface area contributed by atoms with Gasteiger partial charge in [-0.1, -0.05) is 12.1 Å². The minimum atomic E-state index is -0.210. The molecule has 1 N–H and O–H groups in total. The van der Waals surface area contributed by atoms with Crippen LogP contribution in [0.5, 0.6) is 0 Å². The third-order valence-electron chi connectivity index (χ3n) is 3.98. The van der Waals surface area contributed by atoms with Gasteiger partial charge >= 0.3 is 0 Å². The minimum Gasteiger partial charge on any atom is -0.362 e. The number of carbonyl (C=O) groups excluding carboxylic acids is 1. The second-order valence-electron chi connectivity index (χ2n) is 6.06. The zero-order valence-electron chi connectivity index (χ0n) is 14.7. The molecule has 3 rings (SSSR count). The molecule has 128 valence electrons. The van der Waals surface area contributed by atoms with Crippen molar-refractivity contribution in [2.45, 2.75) is 13.8 Å². The predicted octanol–water partition coefficient (Wildman–Crippen LogP) is 4.14. The summed E-state index contributed by atoms with van der Waals surface area (Å²) < 4.78 is 0. The lowest BCUT2D eigenvalue weighted by atomic mass is 10.1. The number of carbonyl (C=O) groups is 1. The van der Waals surface area contributed by atoms with Gasteiger partial charge in [0.1, 0.15) is 5.82 Å². The van der Waals surface area contributed by atoms with Gasteiger partial charge in [0.15, 0.2) is 5.13 Å². The molecule has 6 heteroatoms. The Hall–Kier alpha value is -2.73. The Morgan fingerprint density at radius 1 is 1.16 bits per heavy atom.